The second kappa shape index (κ2) is 6.29. The second-order valence-electron chi connectivity index (χ2n) is 6.35. The summed E-state index contributed by atoms with van der Waals surface area (Å²) < 4.78 is 1.80. The van der Waals surface area contributed by atoms with E-state index in [4.69, 9.17) is 0 Å². The van der Waals surface area contributed by atoms with Crippen LogP contribution in [-0.4, -0.2) is 35.5 Å². The monoisotopic (exact) mass is 320 g/mol. The third-order valence-electron chi connectivity index (χ3n) is 4.01. The summed E-state index contributed by atoms with van der Waals surface area (Å²) in [7, 11) is 2.04. The second-order valence-corrected chi connectivity index (χ2v) is 9.29. The van der Waals surface area contributed by atoms with Crippen LogP contribution in [0.4, 0.5) is 0 Å². The van der Waals surface area contributed by atoms with E-state index in [1.807, 2.05) is 18.4 Å². The SMILES string of the molecule is CNCc1sc2ccccc2c1CN1CCSC(C)(C)C1. The highest BCUT2D eigenvalue weighted by Crippen LogP contribution is 2.35. The predicted octanol–water partition coefficient (Wildman–Crippen LogP) is 3.95. The molecule has 1 saturated heterocycles. The highest BCUT2D eigenvalue weighted by atomic mass is 32.2. The molecule has 2 aromatic rings. The normalized spacial score (nSPS) is 19.2. The molecule has 1 aliphatic heterocycles. The maximum Gasteiger partial charge on any atom is 0.0349 e. The van der Waals surface area contributed by atoms with E-state index in [-0.39, 0.29) is 0 Å². The van der Waals surface area contributed by atoms with Gasteiger partial charge in [-0.25, -0.2) is 0 Å². The van der Waals surface area contributed by atoms with Gasteiger partial charge in [-0.15, -0.1) is 11.3 Å². The Labute approximate surface area is 135 Å². The summed E-state index contributed by atoms with van der Waals surface area (Å²) in [5.74, 6) is 1.25. The topological polar surface area (TPSA) is 15.3 Å². The van der Waals surface area contributed by atoms with E-state index in [9.17, 15) is 0 Å². The lowest BCUT2D eigenvalue weighted by molar-refractivity contribution is 0.253. The maximum absolute atomic E-state index is 3.33. The number of rotatable bonds is 4. The van der Waals surface area contributed by atoms with Gasteiger partial charge in [0.05, 0.1) is 0 Å². The molecule has 0 aliphatic carbocycles. The summed E-state index contributed by atoms with van der Waals surface area (Å²) in [6, 6.07) is 8.84. The van der Waals surface area contributed by atoms with Crippen molar-refractivity contribution >= 4 is 33.2 Å². The number of benzene rings is 1. The summed E-state index contributed by atoms with van der Waals surface area (Å²) in [6.07, 6.45) is 0. The number of hydrogen-bond acceptors (Lipinski definition) is 4. The smallest absolute Gasteiger partial charge is 0.0349 e. The van der Waals surface area contributed by atoms with E-state index in [1.54, 1.807) is 0 Å². The molecule has 1 aromatic heterocycles. The number of fused-ring (bicyclic) bond motifs is 1. The van der Waals surface area contributed by atoms with E-state index in [1.165, 1.54) is 39.4 Å². The molecule has 0 unspecified atom stereocenters. The third kappa shape index (κ3) is 3.45. The molecule has 2 nitrogen and oxygen atoms in total. The minimum Gasteiger partial charge on any atom is -0.315 e. The molecule has 1 N–H and O–H groups in total. The Morgan fingerprint density at radius 3 is 2.86 bits per heavy atom. The van der Waals surface area contributed by atoms with Crippen molar-refractivity contribution in [2.24, 2.45) is 0 Å². The zero-order chi connectivity index (χ0) is 14.9. The lowest BCUT2D eigenvalue weighted by Gasteiger charge is -2.37. The molecule has 21 heavy (non-hydrogen) atoms. The van der Waals surface area contributed by atoms with Crippen LogP contribution in [0.15, 0.2) is 24.3 Å². The highest BCUT2D eigenvalue weighted by molar-refractivity contribution is 8.00. The zero-order valence-corrected chi connectivity index (χ0v) is 14.7. The van der Waals surface area contributed by atoms with Crippen LogP contribution >= 0.6 is 23.1 Å². The molecule has 0 bridgehead atoms. The van der Waals surface area contributed by atoms with Gasteiger partial charge in [-0.3, -0.25) is 4.90 Å². The summed E-state index contributed by atoms with van der Waals surface area (Å²) in [5, 5.41) is 4.77. The van der Waals surface area contributed by atoms with Gasteiger partial charge in [-0.1, -0.05) is 18.2 Å². The van der Waals surface area contributed by atoms with E-state index in [0.29, 0.717) is 4.75 Å². The molecule has 114 valence electrons. The predicted molar refractivity (Wildman–Crippen MR) is 96.4 cm³/mol. The fourth-order valence-electron chi connectivity index (χ4n) is 3.10. The first-order chi connectivity index (χ1) is 10.1. The molecule has 4 heteroatoms. The Morgan fingerprint density at radius 2 is 2.10 bits per heavy atom. The molecular weight excluding hydrogens is 296 g/mol. The number of thiophene rings is 1. The maximum atomic E-state index is 3.33. The minimum atomic E-state index is 0.382. The lowest BCUT2D eigenvalue weighted by atomic mass is 10.1. The van der Waals surface area contributed by atoms with Gasteiger partial charge in [0.25, 0.3) is 0 Å². The molecule has 0 spiro atoms. The van der Waals surface area contributed by atoms with Gasteiger partial charge in [0.15, 0.2) is 0 Å². The van der Waals surface area contributed by atoms with Crippen LogP contribution in [0, 0.1) is 0 Å². The van der Waals surface area contributed by atoms with Crippen molar-refractivity contribution in [3.8, 4) is 0 Å². The van der Waals surface area contributed by atoms with Gasteiger partial charge < -0.3 is 5.32 Å². The van der Waals surface area contributed by atoms with Crippen LogP contribution in [0.2, 0.25) is 0 Å². The average molecular weight is 321 g/mol. The Morgan fingerprint density at radius 1 is 1.29 bits per heavy atom. The molecule has 1 aliphatic rings. The van der Waals surface area contributed by atoms with Crippen molar-refractivity contribution in [2.45, 2.75) is 31.7 Å². The van der Waals surface area contributed by atoms with Crippen LogP contribution in [0.5, 0.6) is 0 Å². The molecular formula is C17H24N2S2. The van der Waals surface area contributed by atoms with E-state index < -0.39 is 0 Å². The van der Waals surface area contributed by atoms with Crippen molar-refractivity contribution < 1.29 is 0 Å². The summed E-state index contributed by atoms with van der Waals surface area (Å²) in [5.41, 5.74) is 1.53. The largest absolute Gasteiger partial charge is 0.315 e. The first-order valence-electron chi connectivity index (χ1n) is 7.59. The fraction of sp³-hybridized carbons (Fsp3) is 0.529. The van der Waals surface area contributed by atoms with Gasteiger partial charge in [0, 0.05) is 46.3 Å². The Hall–Kier alpha value is -0.550. The van der Waals surface area contributed by atoms with Gasteiger partial charge in [0.2, 0.25) is 0 Å². The number of nitrogens with zero attached hydrogens (tertiary/aromatic N) is 1. The average Bonchev–Trinajstić information content (AvgIpc) is 2.76. The molecule has 3 rings (SSSR count). The van der Waals surface area contributed by atoms with E-state index in [2.05, 4.69) is 60.1 Å². The van der Waals surface area contributed by atoms with Crippen molar-refractivity contribution in [1.29, 1.82) is 0 Å². The van der Waals surface area contributed by atoms with Crippen LogP contribution < -0.4 is 5.32 Å². The van der Waals surface area contributed by atoms with Crippen LogP contribution in [-0.2, 0) is 13.1 Å². The molecule has 1 aromatic carbocycles. The highest BCUT2D eigenvalue weighted by Gasteiger charge is 2.27. The molecule has 0 amide bonds. The Bertz CT molecular complexity index is 618. The zero-order valence-electron chi connectivity index (χ0n) is 13.1. The molecule has 0 atom stereocenters. The number of hydrogen-bond donors (Lipinski definition) is 1. The van der Waals surface area contributed by atoms with Crippen LogP contribution in [0.25, 0.3) is 10.1 Å². The van der Waals surface area contributed by atoms with Crippen molar-refractivity contribution in [3.63, 3.8) is 0 Å². The third-order valence-corrected chi connectivity index (χ3v) is 6.52. The van der Waals surface area contributed by atoms with Gasteiger partial charge in [0.1, 0.15) is 0 Å². The molecule has 0 radical (unpaired) electrons. The van der Waals surface area contributed by atoms with E-state index >= 15 is 0 Å². The van der Waals surface area contributed by atoms with Gasteiger partial charge in [-0.05, 0) is 37.9 Å². The quantitative estimate of drug-likeness (QED) is 0.918. The molecule has 1 fully saturated rings. The Balaban J connectivity index is 1.89. The van der Waals surface area contributed by atoms with Gasteiger partial charge in [-0.2, -0.15) is 11.8 Å². The summed E-state index contributed by atoms with van der Waals surface area (Å²) in [6.45, 7) is 9.18. The number of nitrogens with one attached hydrogen (secondary N) is 1. The first-order valence-corrected chi connectivity index (χ1v) is 9.39. The van der Waals surface area contributed by atoms with E-state index in [0.717, 1.165) is 13.1 Å². The summed E-state index contributed by atoms with van der Waals surface area (Å²) >= 11 is 4.05. The van der Waals surface area contributed by atoms with Crippen LogP contribution in [0.1, 0.15) is 24.3 Å². The lowest BCUT2D eigenvalue weighted by Crippen LogP contribution is -2.42. The van der Waals surface area contributed by atoms with Crippen molar-refractivity contribution in [3.05, 3.63) is 34.7 Å². The molecule has 2 heterocycles. The Kier molecular flexibility index (Phi) is 4.60. The van der Waals surface area contributed by atoms with Crippen LogP contribution in [0.3, 0.4) is 0 Å². The van der Waals surface area contributed by atoms with Gasteiger partial charge >= 0.3 is 0 Å². The fourth-order valence-corrected chi connectivity index (χ4v) is 5.50. The minimum absolute atomic E-state index is 0.382. The van der Waals surface area contributed by atoms with Crippen molar-refractivity contribution in [2.75, 3.05) is 25.9 Å². The summed E-state index contributed by atoms with van der Waals surface area (Å²) in [4.78, 5) is 4.12. The molecule has 0 saturated carbocycles. The number of thioether (sulfide) groups is 1. The first kappa shape index (κ1) is 15.3. The standard InChI is InChI=1S/C17H24N2S2/c1-17(2)12-19(8-9-20-17)11-14-13-6-4-5-7-15(13)21-16(14)10-18-3/h4-7,18H,8-12H2,1-3H3. The van der Waals surface area contributed by atoms with Crippen molar-refractivity contribution in [1.82, 2.24) is 10.2 Å².